The number of benzene rings is 2. The fraction of sp³-hybridized carbons (Fsp3) is 0. The number of amides is 1. The molecule has 0 fully saturated rings. The third kappa shape index (κ3) is 4.61. The lowest BCUT2D eigenvalue weighted by atomic mass is 10.2. The fourth-order valence-electron chi connectivity index (χ4n) is 1.57. The minimum atomic E-state index is -0.443. The number of nitrogens with zero attached hydrogens (tertiary/aromatic N) is 1. The highest BCUT2D eigenvalue weighted by atomic mass is 127. The molecule has 0 spiro atoms. The number of carbonyl (C=O) groups excluding carboxylic acids is 1. The highest BCUT2D eigenvalue weighted by Crippen LogP contribution is 2.12. The Balaban J connectivity index is 2.05. The maximum Gasteiger partial charge on any atom is 0.267 e. The van der Waals surface area contributed by atoms with Crippen molar-refractivity contribution < 1.29 is 4.79 Å². The van der Waals surface area contributed by atoms with Gasteiger partial charge < -0.3 is 10.6 Å². The van der Waals surface area contributed by atoms with Crippen LogP contribution in [0.4, 0.5) is 11.4 Å². The van der Waals surface area contributed by atoms with Gasteiger partial charge in [-0.2, -0.15) is 5.26 Å². The predicted octanol–water partition coefficient (Wildman–Crippen LogP) is 3.75. The normalized spacial score (nSPS) is 10.6. The van der Waals surface area contributed by atoms with E-state index < -0.39 is 5.91 Å². The van der Waals surface area contributed by atoms with Gasteiger partial charge in [-0.05, 0) is 59.0 Å². The monoisotopic (exact) mass is 389 g/mol. The van der Waals surface area contributed by atoms with Crippen molar-refractivity contribution in [2.45, 2.75) is 0 Å². The van der Waals surface area contributed by atoms with Crippen LogP contribution in [0.25, 0.3) is 0 Å². The quantitative estimate of drug-likeness (QED) is 0.476. The summed E-state index contributed by atoms with van der Waals surface area (Å²) in [5.74, 6) is -0.443. The van der Waals surface area contributed by atoms with Crippen molar-refractivity contribution >= 4 is 39.9 Å². The molecule has 2 N–H and O–H groups in total. The number of carbonyl (C=O) groups is 1. The van der Waals surface area contributed by atoms with Crippen molar-refractivity contribution in [1.29, 1.82) is 5.26 Å². The molecule has 0 atom stereocenters. The van der Waals surface area contributed by atoms with Crippen LogP contribution in [0.1, 0.15) is 0 Å². The molecule has 21 heavy (non-hydrogen) atoms. The molecule has 104 valence electrons. The van der Waals surface area contributed by atoms with Crippen molar-refractivity contribution in [3.8, 4) is 6.07 Å². The molecular weight excluding hydrogens is 377 g/mol. The van der Waals surface area contributed by atoms with Crippen LogP contribution < -0.4 is 10.6 Å². The van der Waals surface area contributed by atoms with Crippen LogP contribution in [-0.2, 0) is 4.79 Å². The van der Waals surface area contributed by atoms with Gasteiger partial charge in [0.2, 0.25) is 0 Å². The highest BCUT2D eigenvalue weighted by Gasteiger charge is 2.08. The standard InChI is InChI=1S/C16H12IN3O/c17-13-6-8-14(9-7-13)19-11-12(10-18)16(21)20-15-4-2-1-3-5-15/h1-9,11,19H,(H,20,21)/b12-11+. The van der Waals surface area contributed by atoms with Crippen molar-refractivity contribution in [3.05, 3.63) is 69.9 Å². The van der Waals surface area contributed by atoms with E-state index >= 15 is 0 Å². The van der Waals surface area contributed by atoms with Gasteiger partial charge in [0.25, 0.3) is 5.91 Å². The number of rotatable bonds is 4. The van der Waals surface area contributed by atoms with E-state index in [2.05, 4.69) is 33.2 Å². The molecule has 0 aliphatic heterocycles. The van der Waals surface area contributed by atoms with Crippen molar-refractivity contribution in [3.63, 3.8) is 0 Å². The summed E-state index contributed by atoms with van der Waals surface area (Å²) in [4.78, 5) is 12.0. The Labute approximate surface area is 136 Å². The molecule has 2 aromatic carbocycles. The Bertz CT molecular complexity index is 688. The highest BCUT2D eigenvalue weighted by molar-refractivity contribution is 14.1. The summed E-state index contributed by atoms with van der Waals surface area (Å²) in [6.07, 6.45) is 1.40. The second-order valence-corrected chi connectivity index (χ2v) is 5.39. The molecule has 4 nitrogen and oxygen atoms in total. The number of nitrogens with one attached hydrogen (secondary N) is 2. The molecule has 0 heterocycles. The first-order chi connectivity index (χ1) is 10.2. The first-order valence-corrected chi connectivity index (χ1v) is 7.25. The van der Waals surface area contributed by atoms with Gasteiger partial charge >= 0.3 is 0 Å². The van der Waals surface area contributed by atoms with Crippen LogP contribution >= 0.6 is 22.6 Å². The summed E-state index contributed by atoms with van der Waals surface area (Å²) >= 11 is 2.21. The number of hydrogen-bond acceptors (Lipinski definition) is 3. The van der Waals surface area contributed by atoms with Gasteiger partial charge in [-0.3, -0.25) is 4.79 Å². The van der Waals surface area contributed by atoms with Crippen LogP contribution in [0.2, 0.25) is 0 Å². The molecule has 5 heteroatoms. The van der Waals surface area contributed by atoms with E-state index in [1.807, 2.05) is 48.5 Å². The molecule has 0 aromatic heterocycles. The molecular formula is C16H12IN3O. The second-order valence-electron chi connectivity index (χ2n) is 4.14. The maximum atomic E-state index is 12.0. The second kappa shape index (κ2) is 7.45. The third-order valence-electron chi connectivity index (χ3n) is 2.62. The SMILES string of the molecule is N#C/C(=C\Nc1ccc(I)cc1)C(=O)Nc1ccccc1. The van der Waals surface area contributed by atoms with E-state index in [0.717, 1.165) is 9.26 Å². The Morgan fingerprint density at radius 1 is 1.05 bits per heavy atom. The van der Waals surface area contributed by atoms with Crippen LogP contribution in [-0.4, -0.2) is 5.91 Å². The minimum Gasteiger partial charge on any atom is -0.360 e. The average Bonchev–Trinajstić information content (AvgIpc) is 2.51. The van der Waals surface area contributed by atoms with E-state index in [-0.39, 0.29) is 5.57 Å². The summed E-state index contributed by atoms with van der Waals surface area (Å²) in [5.41, 5.74) is 1.48. The van der Waals surface area contributed by atoms with Crippen LogP contribution in [0, 0.1) is 14.9 Å². The Kier molecular flexibility index (Phi) is 5.35. The van der Waals surface area contributed by atoms with Crippen LogP contribution in [0.15, 0.2) is 66.4 Å². The van der Waals surface area contributed by atoms with Gasteiger partial charge in [0.15, 0.2) is 0 Å². The largest absolute Gasteiger partial charge is 0.360 e. The van der Waals surface area contributed by atoms with Gasteiger partial charge in [-0.25, -0.2) is 0 Å². The molecule has 0 aliphatic carbocycles. The summed E-state index contributed by atoms with van der Waals surface area (Å²) in [7, 11) is 0. The lowest BCUT2D eigenvalue weighted by Gasteiger charge is -2.05. The summed E-state index contributed by atoms with van der Waals surface area (Å²) < 4.78 is 1.12. The summed E-state index contributed by atoms with van der Waals surface area (Å²) in [6.45, 7) is 0. The van der Waals surface area contributed by atoms with Crippen molar-refractivity contribution in [2.75, 3.05) is 10.6 Å². The third-order valence-corrected chi connectivity index (χ3v) is 3.34. The van der Waals surface area contributed by atoms with Gasteiger partial charge in [0.1, 0.15) is 11.6 Å². The maximum absolute atomic E-state index is 12.0. The summed E-state index contributed by atoms with van der Waals surface area (Å²) in [6, 6.07) is 18.5. The van der Waals surface area contributed by atoms with E-state index in [1.165, 1.54) is 6.20 Å². The first kappa shape index (κ1) is 15.1. The lowest BCUT2D eigenvalue weighted by Crippen LogP contribution is -2.14. The fourth-order valence-corrected chi connectivity index (χ4v) is 1.93. The Morgan fingerprint density at radius 3 is 2.33 bits per heavy atom. The first-order valence-electron chi connectivity index (χ1n) is 6.18. The molecule has 2 aromatic rings. The molecule has 0 radical (unpaired) electrons. The molecule has 0 saturated carbocycles. The zero-order valence-electron chi connectivity index (χ0n) is 11.0. The van der Waals surface area contributed by atoms with Gasteiger partial charge in [0, 0.05) is 21.1 Å². The number of hydrogen-bond donors (Lipinski definition) is 2. The van der Waals surface area contributed by atoms with Crippen LogP contribution in [0.3, 0.4) is 0 Å². The van der Waals surface area contributed by atoms with E-state index in [0.29, 0.717) is 5.69 Å². The molecule has 0 saturated heterocycles. The van der Waals surface area contributed by atoms with Crippen molar-refractivity contribution in [1.82, 2.24) is 0 Å². The summed E-state index contributed by atoms with van der Waals surface area (Å²) in [5, 5.41) is 14.7. The number of anilines is 2. The van der Waals surface area contributed by atoms with E-state index in [4.69, 9.17) is 5.26 Å². The van der Waals surface area contributed by atoms with Gasteiger partial charge in [-0.15, -0.1) is 0 Å². The van der Waals surface area contributed by atoms with Gasteiger partial charge in [-0.1, -0.05) is 18.2 Å². The Hall–Kier alpha value is -2.33. The number of halogens is 1. The zero-order valence-corrected chi connectivity index (χ0v) is 13.2. The zero-order chi connectivity index (χ0) is 15.1. The molecule has 1 amide bonds. The molecule has 0 aliphatic rings. The lowest BCUT2D eigenvalue weighted by molar-refractivity contribution is -0.112. The Morgan fingerprint density at radius 2 is 1.71 bits per heavy atom. The van der Waals surface area contributed by atoms with Crippen LogP contribution in [0.5, 0.6) is 0 Å². The average molecular weight is 389 g/mol. The van der Waals surface area contributed by atoms with E-state index in [1.54, 1.807) is 12.1 Å². The van der Waals surface area contributed by atoms with Crippen molar-refractivity contribution in [2.24, 2.45) is 0 Å². The van der Waals surface area contributed by atoms with Gasteiger partial charge in [0.05, 0.1) is 0 Å². The molecule has 0 bridgehead atoms. The molecule has 2 rings (SSSR count). The molecule has 0 unspecified atom stereocenters. The minimum absolute atomic E-state index is 0.0115. The number of para-hydroxylation sites is 1. The topological polar surface area (TPSA) is 64.9 Å². The smallest absolute Gasteiger partial charge is 0.267 e. The van der Waals surface area contributed by atoms with E-state index in [9.17, 15) is 4.79 Å². The predicted molar refractivity (Wildman–Crippen MR) is 91.5 cm³/mol. The number of nitriles is 1.